The SMILES string of the molecule is CCCOc1cc(Br)c(CNc2ccc(C(=O)OCC)cc2)cc1OCC. The summed E-state index contributed by atoms with van der Waals surface area (Å²) in [6.45, 7) is 8.01. The van der Waals surface area contributed by atoms with E-state index in [1.807, 2.05) is 31.2 Å². The second-order valence-electron chi connectivity index (χ2n) is 5.82. The standard InChI is InChI=1S/C21H26BrNO4/c1-4-11-27-20-13-18(22)16(12-19(20)25-5-2)14-23-17-9-7-15(8-10-17)21(24)26-6-3/h7-10,12-13,23H,4-6,11,14H2,1-3H3. The van der Waals surface area contributed by atoms with Crippen LogP contribution in [-0.2, 0) is 11.3 Å². The molecule has 2 aromatic carbocycles. The number of nitrogens with one attached hydrogen (secondary N) is 1. The summed E-state index contributed by atoms with van der Waals surface area (Å²) in [5.41, 5.74) is 2.51. The van der Waals surface area contributed by atoms with E-state index in [1.165, 1.54) is 0 Å². The molecule has 0 saturated carbocycles. The van der Waals surface area contributed by atoms with Crippen molar-refractivity contribution in [2.24, 2.45) is 0 Å². The van der Waals surface area contributed by atoms with E-state index in [2.05, 4.69) is 28.2 Å². The minimum atomic E-state index is -0.309. The van der Waals surface area contributed by atoms with Gasteiger partial charge in [0.1, 0.15) is 0 Å². The summed E-state index contributed by atoms with van der Waals surface area (Å²) in [6, 6.07) is 11.2. The third-order valence-electron chi connectivity index (χ3n) is 3.75. The average Bonchev–Trinajstić information content (AvgIpc) is 2.67. The molecule has 0 amide bonds. The van der Waals surface area contributed by atoms with Crippen LogP contribution in [0.5, 0.6) is 11.5 Å². The zero-order valence-electron chi connectivity index (χ0n) is 16.0. The number of benzene rings is 2. The van der Waals surface area contributed by atoms with E-state index in [1.54, 1.807) is 19.1 Å². The number of hydrogen-bond donors (Lipinski definition) is 1. The first-order chi connectivity index (χ1) is 13.1. The quantitative estimate of drug-likeness (QED) is 0.504. The Morgan fingerprint density at radius 2 is 1.70 bits per heavy atom. The monoisotopic (exact) mass is 435 g/mol. The average molecular weight is 436 g/mol. The minimum Gasteiger partial charge on any atom is -0.490 e. The molecule has 0 fully saturated rings. The van der Waals surface area contributed by atoms with Gasteiger partial charge in [-0.3, -0.25) is 0 Å². The normalized spacial score (nSPS) is 10.4. The summed E-state index contributed by atoms with van der Waals surface area (Å²) >= 11 is 3.61. The number of halogens is 1. The van der Waals surface area contributed by atoms with Gasteiger partial charge in [-0.2, -0.15) is 0 Å². The van der Waals surface area contributed by atoms with Crippen LogP contribution in [0.25, 0.3) is 0 Å². The third kappa shape index (κ3) is 6.17. The Balaban J connectivity index is 2.08. The first-order valence-corrected chi connectivity index (χ1v) is 9.97. The highest BCUT2D eigenvalue weighted by molar-refractivity contribution is 9.10. The van der Waals surface area contributed by atoms with E-state index in [4.69, 9.17) is 14.2 Å². The molecule has 1 N–H and O–H groups in total. The Morgan fingerprint density at radius 3 is 2.33 bits per heavy atom. The number of carbonyl (C=O) groups is 1. The summed E-state index contributed by atoms with van der Waals surface area (Å²) in [5, 5.41) is 3.35. The van der Waals surface area contributed by atoms with Crippen LogP contribution in [0, 0.1) is 0 Å². The van der Waals surface area contributed by atoms with Crippen LogP contribution in [0.3, 0.4) is 0 Å². The molecular formula is C21H26BrNO4. The highest BCUT2D eigenvalue weighted by Crippen LogP contribution is 2.34. The summed E-state index contributed by atoms with van der Waals surface area (Å²) in [5.74, 6) is 1.17. The lowest BCUT2D eigenvalue weighted by molar-refractivity contribution is 0.0526. The van der Waals surface area contributed by atoms with Gasteiger partial charge in [-0.05, 0) is 62.2 Å². The fourth-order valence-corrected chi connectivity index (χ4v) is 2.90. The largest absolute Gasteiger partial charge is 0.490 e. The number of esters is 1. The fraction of sp³-hybridized carbons (Fsp3) is 0.381. The number of rotatable bonds is 10. The van der Waals surface area contributed by atoms with E-state index in [9.17, 15) is 4.79 Å². The van der Waals surface area contributed by atoms with Crippen molar-refractivity contribution in [3.05, 3.63) is 52.0 Å². The molecule has 5 nitrogen and oxygen atoms in total. The van der Waals surface area contributed by atoms with E-state index < -0.39 is 0 Å². The zero-order valence-corrected chi connectivity index (χ0v) is 17.6. The molecule has 146 valence electrons. The molecular weight excluding hydrogens is 410 g/mol. The molecule has 2 aromatic rings. The predicted octanol–water partition coefficient (Wildman–Crippen LogP) is 5.43. The molecule has 0 aliphatic heterocycles. The maximum absolute atomic E-state index is 11.7. The van der Waals surface area contributed by atoms with Gasteiger partial charge in [-0.1, -0.05) is 22.9 Å². The molecule has 0 aliphatic rings. The highest BCUT2D eigenvalue weighted by atomic mass is 79.9. The summed E-state index contributed by atoms with van der Waals surface area (Å²) in [6.07, 6.45) is 0.939. The second-order valence-corrected chi connectivity index (χ2v) is 6.68. The van der Waals surface area contributed by atoms with Gasteiger partial charge in [0, 0.05) is 16.7 Å². The maximum atomic E-state index is 11.7. The lowest BCUT2D eigenvalue weighted by atomic mass is 10.1. The lowest BCUT2D eigenvalue weighted by Gasteiger charge is -2.15. The first-order valence-electron chi connectivity index (χ1n) is 9.18. The van der Waals surface area contributed by atoms with Crippen LogP contribution in [-0.4, -0.2) is 25.8 Å². The van der Waals surface area contributed by atoms with Gasteiger partial charge in [0.05, 0.1) is 25.4 Å². The van der Waals surface area contributed by atoms with Crippen molar-refractivity contribution >= 4 is 27.6 Å². The van der Waals surface area contributed by atoms with Crippen LogP contribution in [0.4, 0.5) is 5.69 Å². The molecule has 0 atom stereocenters. The Morgan fingerprint density at radius 1 is 1.00 bits per heavy atom. The second kappa shape index (κ2) is 10.8. The third-order valence-corrected chi connectivity index (χ3v) is 4.49. The Labute approximate surface area is 169 Å². The van der Waals surface area contributed by atoms with Crippen molar-refractivity contribution in [1.82, 2.24) is 0 Å². The lowest BCUT2D eigenvalue weighted by Crippen LogP contribution is -2.06. The van der Waals surface area contributed by atoms with Crippen molar-refractivity contribution in [1.29, 1.82) is 0 Å². The molecule has 0 spiro atoms. The van der Waals surface area contributed by atoms with E-state index in [0.717, 1.165) is 33.6 Å². The number of anilines is 1. The van der Waals surface area contributed by atoms with Gasteiger partial charge >= 0.3 is 5.97 Å². The van der Waals surface area contributed by atoms with Crippen molar-refractivity contribution in [2.75, 3.05) is 25.1 Å². The van der Waals surface area contributed by atoms with Crippen LogP contribution in [0.1, 0.15) is 43.1 Å². The molecule has 27 heavy (non-hydrogen) atoms. The number of ether oxygens (including phenoxy) is 3. The molecule has 0 unspecified atom stereocenters. The molecule has 0 aromatic heterocycles. The summed E-state index contributed by atoms with van der Waals surface area (Å²) in [7, 11) is 0. The van der Waals surface area contributed by atoms with E-state index in [0.29, 0.717) is 31.9 Å². The van der Waals surface area contributed by atoms with Gasteiger partial charge in [0.25, 0.3) is 0 Å². The van der Waals surface area contributed by atoms with Gasteiger partial charge in [0.15, 0.2) is 11.5 Å². The van der Waals surface area contributed by atoms with Gasteiger partial charge in [0.2, 0.25) is 0 Å². The first kappa shape index (κ1) is 21.1. The van der Waals surface area contributed by atoms with E-state index >= 15 is 0 Å². The van der Waals surface area contributed by atoms with Crippen molar-refractivity contribution in [3.8, 4) is 11.5 Å². The molecule has 0 heterocycles. The summed E-state index contributed by atoms with van der Waals surface area (Å²) < 4.78 is 17.4. The molecule has 0 aliphatic carbocycles. The van der Waals surface area contributed by atoms with Crippen molar-refractivity contribution in [3.63, 3.8) is 0 Å². The van der Waals surface area contributed by atoms with E-state index in [-0.39, 0.29) is 5.97 Å². The fourth-order valence-electron chi connectivity index (χ4n) is 2.44. The van der Waals surface area contributed by atoms with Crippen LogP contribution < -0.4 is 14.8 Å². The van der Waals surface area contributed by atoms with Crippen LogP contribution in [0.15, 0.2) is 40.9 Å². The number of carbonyl (C=O) groups excluding carboxylic acids is 1. The summed E-state index contributed by atoms with van der Waals surface area (Å²) in [4.78, 5) is 11.7. The smallest absolute Gasteiger partial charge is 0.338 e. The number of hydrogen-bond acceptors (Lipinski definition) is 5. The molecule has 6 heteroatoms. The Hall–Kier alpha value is -2.21. The maximum Gasteiger partial charge on any atom is 0.338 e. The highest BCUT2D eigenvalue weighted by Gasteiger charge is 2.11. The van der Waals surface area contributed by atoms with Crippen molar-refractivity contribution in [2.45, 2.75) is 33.7 Å². The van der Waals surface area contributed by atoms with Crippen LogP contribution >= 0.6 is 15.9 Å². The Bertz CT molecular complexity index is 747. The van der Waals surface area contributed by atoms with Crippen LogP contribution in [0.2, 0.25) is 0 Å². The topological polar surface area (TPSA) is 56.8 Å². The zero-order chi connectivity index (χ0) is 19.6. The van der Waals surface area contributed by atoms with Gasteiger partial charge < -0.3 is 19.5 Å². The minimum absolute atomic E-state index is 0.309. The van der Waals surface area contributed by atoms with Gasteiger partial charge in [-0.25, -0.2) is 4.79 Å². The predicted molar refractivity (Wildman–Crippen MR) is 111 cm³/mol. The Kier molecular flexibility index (Phi) is 8.45. The molecule has 0 radical (unpaired) electrons. The van der Waals surface area contributed by atoms with Gasteiger partial charge in [-0.15, -0.1) is 0 Å². The molecule has 0 saturated heterocycles. The van der Waals surface area contributed by atoms with Crippen molar-refractivity contribution < 1.29 is 19.0 Å². The molecule has 0 bridgehead atoms. The molecule has 2 rings (SSSR count).